The summed E-state index contributed by atoms with van der Waals surface area (Å²) >= 11 is 0. The van der Waals surface area contributed by atoms with Gasteiger partial charge in [0.1, 0.15) is 23.0 Å². The Labute approximate surface area is 272 Å². The third-order valence-electron chi connectivity index (χ3n) is 8.73. The van der Waals surface area contributed by atoms with Gasteiger partial charge < -0.3 is 18.9 Å². The van der Waals surface area contributed by atoms with Gasteiger partial charge in [0.25, 0.3) is 0 Å². The van der Waals surface area contributed by atoms with E-state index in [0.717, 1.165) is 43.9 Å². The van der Waals surface area contributed by atoms with Crippen molar-refractivity contribution in [1.82, 2.24) is 0 Å². The van der Waals surface area contributed by atoms with Crippen LogP contribution in [0, 0.1) is 29.2 Å². The van der Waals surface area contributed by atoms with Gasteiger partial charge in [-0.3, -0.25) is 0 Å². The third-order valence-corrected chi connectivity index (χ3v) is 8.73. The topological polar surface area (TPSA) is 36.9 Å². The van der Waals surface area contributed by atoms with Crippen molar-refractivity contribution in [2.75, 3.05) is 13.2 Å². The monoisotopic (exact) mass is 690 g/mol. The van der Waals surface area contributed by atoms with E-state index in [4.69, 9.17) is 14.2 Å². The number of benzene rings is 3. The molecule has 0 radical (unpaired) electrons. The minimum absolute atomic E-state index is 0.00942. The molecule has 2 fully saturated rings. The standard InChI is InChI=1S/C35H35F9O4/c1-2-3-4-5-20-18-45-33(46-19-20)23-8-12-26(27(36)15-23)24-16-29(38)32(30(39)17-24)34(40,41)47-25-10-6-21(7-11-25)22-9-13-31(28(37)14-22)48-35(42,43)44/h8-9,12-17,20-21,25,33H,2-7,10-11,18-19H2,1H3. The van der Waals surface area contributed by atoms with Gasteiger partial charge in [-0.15, -0.1) is 13.2 Å². The van der Waals surface area contributed by atoms with Gasteiger partial charge in [-0.2, -0.15) is 8.78 Å². The predicted octanol–water partition coefficient (Wildman–Crippen LogP) is 10.8. The fraction of sp³-hybridized carbons (Fsp3) is 0.486. The molecular formula is C35H35F9O4. The zero-order chi connectivity index (χ0) is 34.6. The van der Waals surface area contributed by atoms with E-state index in [-0.39, 0.29) is 48.6 Å². The number of halogens is 9. The van der Waals surface area contributed by atoms with Crippen LogP contribution in [0.3, 0.4) is 0 Å². The Morgan fingerprint density at radius 3 is 1.94 bits per heavy atom. The van der Waals surface area contributed by atoms with Gasteiger partial charge in [-0.1, -0.05) is 44.4 Å². The maximum atomic E-state index is 15.1. The lowest BCUT2D eigenvalue weighted by Gasteiger charge is -2.31. The first-order valence-corrected chi connectivity index (χ1v) is 15.9. The van der Waals surface area contributed by atoms with Crippen molar-refractivity contribution in [1.29, 1.82) is 0 Å². The molecule has 0 aromatic heterocycles. The van der Waals surface area contributed by atoms with Crippen LogP contribution < -0.4 is 4.74 Å². The largest absolute Gasteiger partial charge is 0.573 e. The highest BCUT2D eigenvalue weighted by atomic mass is 19.4. The smallest absolute Gasteiger partial charge is 0.403 e. The summed E-state index contributed by atoms with van der Waals surface area (Å²) in [5.41, 5.74) is -1.41. The van der Waals surface area contributed by atoms with Crippen LogP contribution in [0.4, 0.5) is 39.5 Å². The SMILES string of the molecule is CCCCCC1COC(c2ccc(-c3cc(F)c(C(F)(F)OC4CCC(c5ccc(OC(F)(F)F)c(F)c5)CC4)c(F)c3)c(F)c2)OC1. The Morgan fingerprint density at radius 2 is 1.35 bits per heavy atom. The van der Waals surface area contributed by atoms with Gasteiger partial charge in [0.2, 0.25) is 0 Å². The van der Waals surface area contributed by atoms with Gasteiger partial charge in [0.05, 0.1) is 19.3 Å². The number of rotatable bonds is 11. The third kappa shape index (κ3) is 8.83. The molecule has 48 heavy (non-hydrogen) atoms. The zero-order valence-corrected chi connectivity index (χ0v) is 26.0. The molecule has 1 saturated heterocycles. The van der Waals surface area contributed by atoms with E-state index in [1.807, 2.05) is 0 Å². The lowest BCUT2D eigenvalue weighted by atomic mass is 9.82. The van der Waals surface area contributed by atoms with E-state index in [1.165, 1.54) is 18.2 Å². The Hall–Kier alpha value is -3.29. The Bertz CT molecular complexity index is 1520. The lowest BCUT2D eigenvalue weighted by molar-refractivity contribution is -0.280. The van der Waals surface area contributed by atoms with Crippen LogP contribution in [0.25, 0.3) is 11.1 Å². The average Bonchev–Trinajstić information content (AvgIpc) is 3.01. The molecule has 0 spiro atoms. The number of ether oxygens (including phenoxy) is 4. The van der Waals surface area contributed by atoms with Crippen LogP contribution in [-0.2, 0) is 20.3 Å². The number of hydrogen-bond donors (Lipinski definition) is 0. The minimum atomic E-state index is -5.07. The second-order valence-electron chi connectivity index (χ2n) is 12.3. The molecule has 1 heterocycles. The van der Waals surface area contributed by atoms with Crippen molar-refractivity contribution in [3.8, 4) is 16.9 Å². The maximum absolute atomic E-state index is 15.1. The molecule has 262 valence electrons. The van der Waals surface area contributed by atoms with E-state index in [9.17, 15) is 17.6 Å². The quantitative estimate of drug-likeness (QED) is 0.148. The maximum Gasteiger partial charge on any atom is 0.573 e. The first kappa shape index (κ1) is 36.0. The summed E-state index contributed by atoms with van der Waals surface area (Å²) in [5, 5.41) is 0. The fourth-order valence-corrected chi connectivity index (χ4v) is 6.26. The first-order valence-electron chi connectivity index (χ1n) is 15.9. The zero-order valence-electron chi connectivity index (χ0n) is 26.0. The molecule has 1 saturated carbocycles. The summed E-state index contributed by atoms with van der Waals surface area (Å²) in [5.74, 6) is -6.45. The van der Waals surface area contributed by atoms with Crippen molar-refractivity contribution in [3.05, 3.63) is 88.5 Å². The van der Waals surface area contributed by atoms with Gasteiger partial charge in [-0.25, -0.2) is 17.6 Å². The molecule has 1 aliphatic heterocycles. The lowest BCUT2D eigenvalue weighted by Crippen LogP contribution is -2.31. The molecule has 5 rings (SSSR count). The summed E-state index contributed by atoms with van der Waals surface area (Å²) in [4.78, 5) is 0. The van der Waals surface area contributed by atoms with E-state index in [0.29, 0.717) is 36.5 Å². The molecule has 3 aromatic carbocycles. The van der Waals surface area contributed by atoms with Crippen LogP contribution in [0.15, 0.2) is 48.5 Å². The second-order valence-corrected chi connectivity index (χ2v) is 12.3. The summed E-state index contributed by atoms with van der Waals surface area (Å²) in [7, 11) is 0. The van der Waals surface area contributed by atoms with E-state index < -0.39 is 59.4 Å². The van der Waals surface area contributed by atoms with Crippen LogP contribution >= 0.6 is 0 Å². The fourth-order valence-electron chi connectivity index (χ4n) is 6.26. The van der Waals surface area contributed by atoms with E-state index in [1.54, 1.807) is 0 Å². The van der Waals surface area contributed by atoms with Crippen molar-refractivity contribution < 1.29 is 58.5 Å². The molecule has 0 atom stereocenters. The average molecular weight is 691 g/mol. The Morgan fingerprint density at radius 1 is 0.729 bits per heavy atom. The summed E-state index contributed by atoms with van der Waals surface area (Å²) < 4.78 is 147. The first-order chi connectivity index (χ1) is 22.7. The molecule has 1 aliphatic carbocycles. The molecule has 0 N–H and O–H groups in total. The molecular weight excluding hydrogens is 655 g/mol. The Balaban J connectivity index is 1.20. The molecule has 4 nitrogen and oxygen atoms in total. The van der Waals surface area contributed by atoms with Crippen molar-refractivity contribution in [2.24, 2.45) is 5.92 Å². The summed E-state index contributed by atoms with van der Waals surface area (Å²) in [6.07, 6.45) is -6.72. The highest BCUT2D eigenvalue weighted by Crippen LogP contribution is 2.42. The van der Waals surface area contributed by atoms with Gasteiger partial charge >= 0.3 is 12.5 Å². The van der Waals surface area contributed by atoms with Gasteiger partial charge in [0, 0.05) is 17.0 Å². The Kier molecular flexibility index (Phi) is 11.3. The van der Waals surface area contributed by atoms with E-state index in [2.05, 4.69) is 11.7 Å². The molecule has 0 unspecified atom stereocenters. The van der Waals surface area contributed by atoms with E-state index >= 15 is 22.0 Å². The van der Waals surface area contributed by atoms with Gasteiger partial charge in [0.15, 0.2) is 17.9 Å². The number of alkyl halides is 5. The predicted molar refractivity (Wildman–Crippen MR) is 157 cm³/mol. The summed E-state index contributed by atoms with van der Waals surface area (Å²) in [6.45, 7) is 3.01. The van der Waals surface area contributed by atoms with Crippen LogP contribution in [0.2, 0.25) is 0 Å². The molecule has 0 bridgehead atoms. The molecule has 0 amide bonds. The molecule has 3 aromatic rings. The van der Waals surface area contributed by atoms with Crippen LogP contribution in [0.5, 0.6) is 5.75 Å². The normalized spacial score (nSPS) is 22.1. The highest BCUT2D eigenvalue weighted by Gasteiger charge is 2.43. The van der Waals surface area contributed by atoms with Gasteiger partial charge in [-0.05, 0) is 79.5 Å². The van der Waals surface area contributed by atoms with Crippen LogP contribution in [-0.4, -0.2) is 25.7 Å². The molecule has 13 heteroatoms. The van der Waals surface area contributed by atoms with Crippen molar-refractivity contribution in [3.63, 3.8) is 0 Å². The van der Waals surface area contributed by atoms with Crippen LogP contribution in [0.1, 0.15) is 87.2 Å². The highest BCUT2D eigenvalue weighted by molar-refractivity contribution is 5.65. The number of unbranched alkanes of at least 4 members (excludes halogenated alkanes) is 2. The van der Waals surface area contributed by atoms with Crippen molar-refractivity contribution >= 4 is 0 Å². The molecule has 2 aliphatic rings. The number of hydrogen-bond acceptors (Lipinski definition) is 4. The van der Waals surface area contributed by atoms with Crippen molar-refractivity contribution in [2.45, 2.75) is 89.1 Å². The second kappa shape index (κ2) is 15.1. The summed E-state index contributed by atoms with van der Waals surface area (Å²) in [6, 6.07) is 8.09. The minimum Gasteiger partial charge on any atom is -0.403 e.